The highest BCUT2D eigenvalue weighted by Crippen LogP contribution is 2.47. The van der Waals surface area contributed by atoms with E-state index in [9.17, 15) is 22.8 Å². The third-order valence-corrected chi connectivity index (χ3v) is 6.34. The maximum atomic E-state index is 13.6. The molecule has 2 heterocycles. The SMILES string of the molecule is Cc1cc2c(c(C(F)(F)F)c1)CN(c1cccc(C3(c4nncn4C)CC(=O)C3)c1)C2=O. The van der Waals surface area contributed by atoms with Crippen LogP contribution in [-0.4, -0.2) is 26.5 Å². The van der Waals surface area contributed by atoms with Crippen LogP contribution in [0.3, 0.4) is 0 Å². The maximum Gasteiger partial charge on any atom is 0.416 e. The van der Waals surface area contributed by atoms with Crippen molar-refractivity contribution in [2.24, 2.45) is 7.05 Å². The molecule has 1 aliphatic carbocycles. The topological polar surface area (TPSA) is 68.1 Å². The van der Waals surface area contributed by atoms with Gasteiger partial charge in [-0.2, -0.15) is 13.2 Å². The molecule has 0 unspecified atom stereocenters. The average molecular weight is 440 g/mol. The fourth-order valence-electron chi connectivity index (χ4n) is 4.81. The second-order valence-corrected chi connectivity index (χ2v) is 8.52. The van der Waals surface area contributed by atoms with E-state index in [1.807, 2.05) is 6.07 Å². The number of carbonyl (C=O) groups is 2. The lowest BCUT2D eigenvalue weighted by Gasteiger charge is -2.40. The number of aromatic nitrogens is 3. The first-order valence-corrected chi connectivity index (χ1v) is 10.1. The zero-order valence-electron chi connectivity index (χ0n) is 17.4. The fraction of sp³-hybridized carbons (Fsp3) is 0.304. The molecule has 6 nitrogen and oxygen atoms in total. The number of benzene rings is 2. The zero-order valence-corrected chi connectivity index (χ0v) is 17.4. The summed E-state index contributed by atoms with van der Waals surface area (Å²) in [5, 5.41) is 8.13. The van der Waals surface area contributed by atoms with Crippen molar-refractivity contribution in [2.75, 3.05) is 4.90 Å². The van der Waals surface area contributed by atoms with E-state index in [2.05, 4.69) is 10.2 Å². The second-order valence-electron chi connectivity index (χ2n) is 8.52. The molecular weight excluding hydrogens is 421 g/mol. The largest absolute Gasteiger partial charge is 0.416 e. The highest BCUT2D eigenvalue weighted by atomic mass is 19.4. The monoisotopic (exact) mass is 440 g/mol. The van der Waals surface area contributed by atoms with Crippen molar-refractivity contribution in [1.82, 2.24) is 14.8 Å². The summed E-state index contributed by atoms with van der Waals surface area (Å²) < 4.78 is 42.6. The van der Waals surface area contributed by atoms with Crippen LogP contribution in [0.2, 0.25) is 0 Å². The molecule has 1 fully saturated rings. The standard InChI is InChI=1S/C23H19F3N4O2/c1-13-6-17-18(19(7-13)23(24,25)26)11-30(20(17)32)15-5-3-4-14(8-15)22(9-16(31)10-22)21-28-27-12-29(21)2/h3-8,12H,9-11H2,1-2H3. The molecule has 2 aliphatic rings. The number of carbonyl (C=O) groups excluding carboxylic acids is 2. The summed E-state index contributed by atoms with van der Waals surface area (Å²) in [6.45, 7) is 1.38. The number of anilines is 1. The number of fused-ring (bicyclic) bond motifs is 1. The minimum absolute atomic E-state index is 0.0136. The van der Waals surface area contributed by atoms with Crippen molar-refractivity contribution in [3.05, 3.63) is 76.4 Å². The van der Waals surface area contributed by atoms with Crippen LogP contribution in [0.1, 0.15) is 51.3 Å². The van der Waals surface area contributed by atoms with Gasteiger partial charge in [0.2, 0.25) is 0 Å². The first kappa shape index (κ1) is 20.4. The molecule has 1 aromatic heterocycles. The van der Waals surface area contributed by atoms with Gasteiger partial charge in [-0.3, -0.25) is 9.59 Å². The van der Waals surface area contributed by atoms with Gasteiger partial charge in [-0.15, -0.1) is 10.2 Å². The number of nitrogens with zero attached hydrogens (tertiary/aromatic N) is 4. The van der Waals surface area contributed by atoms with Crippen molar-refractivity contribution >= 4 is 17.4 Å². The fourth-order valence-corrected chi connectivity index (χ4v) is 4.81. The van der Waals surface area contributed by atoms with Gasteiger partial charge in [0.25, 0.3) is 5.91 Å². The van der Waals surface area contributed by atoms with Crippen LogP contribution >= 0.6 is 0 Å². The van der Waals surface area contributed by atoms with Crippen LogP contribution in [0.15, 0.2) is 42.7 Å². The molecule has 0 N–H and O–H groups in total. The molecular formula is C23H19F3N4O2. The Morgan fingerprint density at radius 1 is 1.09 bits per heavy atom. The van der Waals surface area contributed by atoms with E-state index in [0.29, 0.717) is 17.1 Å². The number of ketones is 1. The molecule has 0 radical (unpaired) electrons. The summed E-state index contributed by atoms with van der Waals surface area (Å²) in [4.78, 5) is 26.4. The van der Waals surface area contributed by atoms with Crippen LogP contribution in [0, 0.1) is 6.92 Å². The third-order valence-electron chi connectivity index (χ3n) is 6.34. The van der Waals surface area contributed by atoms with Crippen molar-refractivity contribution in [2.45, 2.75) is 37.9 Å². The molecule has 32 heavy (non-hydrogen) atoms. The summed E-state index contributed by atoms with van der Waals surface area (Å²) in [6.07, 6.45) is -2.47. The second kappa shape index (κ2) is 6.75. The summed E-state index contributed by atoms with van der Waals surface area (Å²) in [7, 11) is 1.80. The summed E-state index contributed by atoms with van der Waals surface area (Å²) in [5.41, 5.74) is 0.262. The number of rotatable bonds is 3. The highest BCUT2D eigenvalue weighted by Gasteiger charge is 2.50. The van der Waals surface area contributed by atoms with Gasteiger partial charge < -0.3 is 9.47 Å². The Morgan fingerprint density at radius 2 is 1.84 bits per heavy atom. The van der Waals surface area contributed by atoms with Crippen LogP contribution in [-0.2, 0) is 30.0 Å². The van der Waals surface area contributed by atoms with E-state index in [-0.39, 0.29) is 36.3 Å². The van der Waals surface area contributed by atoms with Crippen LogP contribution in [0.4, 0.5) is 18.9 Å². The maximum absolute atomic E-state index is 13.6. The number of hydrogen-bond acceptors (Lipinski definition) is 4. The van der Waals surface area contributed by atoms with Crippen molar-refractivity contribution in [3.8, 4) is 0 Å². The molecule has 1 saturated carbocycles. The highest BCUT2D eigenvalue weighted by molar-refractivity contribution is 6.10. The lowest BCUT2D eigenvalue weighted by atomic mass is 9.63. The van der Waals surface area contributed by atoms with Gasteiger partial charge in [0.15, 0.2) is 0 Å². The third kappa shape index (κ3) is 2.95. The van der Waals surface area contributed by atoms with Crippen LogP contribution < -0.4 is 4.90 Å². The molecule has 9 heteroatoms. The van der Waals surface area contributed by atoms with Crippen LogP contribution in [0.5, 0.6) is 0 Å². The number of amides is 1. The predicted molar refractivity (Wildman–Crippen MR) is 109 cm³/mol. The van der Waals surface area contributed by atoms with E-state index < -0.39 is 23.1 Å². The Labute approximate surface area is 181 Å². The molecule has 2 aromatic carbocycles. The summed E-state index contributed by atoms with van der Waals surface area (Å²) >= 11 is 0. The molecule has 0 atom stereocenters. The molecule has 5 rings (SSSR count). The number of aryl methyl sites for hydroxylation is 2. The minimum atomic E-state index is -4.55. The van der Waals surface area contributed by atoms with Gasteiger partial charge in [0.1, 0.15) is 17.9 Å². The molecule has 1 aliphatic heterocycles. The molecule has 164 valence electrons. The first-order chi connectivity index (χ1) is 15.1. The lowest BCUT2D eigenvalue weighted by molar-refractivity contribution is -0.138. The van der Waals surface area contributed by atoms with Gasteiger partial charge in [0, 0.05) is 31.1 Å². The molecule has 0 bridgehead atoms. The normalized spacial score (nSPS) is 17.5. The number of alkyl halides is 3. The average Bonchev–Trinajstić information content (AvgIpc) is 3.28. The van der Waals surface area contributed by atoms with E-state index >= 15 is 0 Å². The van der Waals surface area contributed by atoms with Gasteiger partial charge in [0.05, 0.1) is 17.5 Å². The Bertz CT molecular complexity index is 1270. The number of Topliss-reactive ketones (excluding diaryl/α,β-unsaturated/α-hetero) is 1. The predicted octanol–water partition coefficient (Wildman–Crippen LogP) is 3.95. The summed E-state index contributed by atoms with van der Waals surface area (Å²) in [6, 6.07) is 9.64. The van der Waals surface area contributed by atoms with E-state index in [1.165, 1.54) is 11.0 Å². The van der Waals surface area contributed by atoms with Gasteiger partial charge >= 0.3 is 6.18 Å². The van der Waals surface area contributed by atoms with Gasteiger partial charge in [-0.25, -0.2) is 0 Å². The number of halogens is 3. The Kier molecular flexibility index (Phi) is 4.31. The van der Waals surface area contributed by atoms with E-state index in [4.69, 9.17) is 0 Å². The quantitative estimate of drug-likeness (QED) is 0.619. The van der Waals surface area contributed by atoms with Crippen molar-refractivity contribution < 1.29 is 22.8 Å². The minimum Gasteiger partial charge on any atom is -0.320 e. The van der Waals surface area contributed by atoms with Gasteiger partial charge in [-0.1, -0.05) is 12.1 Å². The smallest absolute Gasteiger partial charge is 0.320 e. The van der Waals surface area contributed by atoms with Gasteiger partial charge in [-0.05, 0) is 47.9 Å². The first-order valence-electron chi connectivity index (χ1n) is 10.1. The van der Waals surface area contributed by atoms with E-state index in [1.54, 1.807) is 43.1 Å². The Morgan fingerprint density at radius 3 is 2.47 bits per heavy atom. The van der Waals surface area contributed by atoms with E-state index in [0.717, 1.165) is 11.6 Å². The Balaban J connectivity index is 1.57. The zero-order chi connectivity index (χ0) is 22.8. The Hall–Kier alpha value is -3.49. The van der Waals surface area contributed by atoms with Crippen molar-refractivity contribution in [3.63, 3.8) is 0 Å². The molecule has 1 amide bonds. The number of hydrogen-bond donors (Lipinski definition) is 0. The summed E-state index contributed by atoms with van der Waals surface area (Å²) in [5.74, 6) is 0.261. The van der Waals surface area contributed by atoms with Crippen LogP contribution in [0.25, 0.3) is 0 Å². The molecule has 0 spiro atoms. The van der Waals surface area contributed by atoms with Crippen molar-refractivity contribution in [1.29, 1.82) is 0 Å². The molecule has 0 saturated heterocycles. The lowest BCUT2D eigenvalue weighted by Crippen LogP contribution is -2.44. The molecule has 3 aromatic rings.